The Balaban J connectivity index is 1.82. The van der Waals surface area contributed by atoms with Gasteiger partial charge in [0.05, 0.1) is 42.8 Å². The summed E-state index contributed by atoms with van der Waals surface area (Å²) in [7, 11) is 1.11. The molecule has 2 unspecified atom stereocenters. The number of halogens is 3. The number of methoxy groups -OCH3 is 1. The van der Waals surface area contributed by atoms with Crippen molar-refractivity contribution >= 4 is 29.2 Å². The summed E-state index contributed by atoms with van der Waals surface area (Å²) in [4.78, 5) is 42.2. The largest absolute Gasteiger partial charge is 0.469 e. The third kappa shape index (κ3) is 2.52. The zero-order chi connectivity index (χ0) is 23.1. The van der Waals surface area contributed by atoms with E-state index in [4.69, 9.17) is 16.0 Å². The second-order valence-electron chi connectivity index (χ2n) is 8.19. The third-order valence-electron chi connectivity index (χ3n) is 6.62. The highest BCUT2D eigenvalue weighted by molar-refractivity contribution is 6.23. The molecule has 3 heterocycles. The normalized spacial score (nSPS) is 36.5. The van der Waals surface area contributed by atoms with Gasteiger partial charge in [-0.25, -0.2) is 9.74 Å². The minimum Gasteiger partial charge on any atom is -0.469 e. The van der Waals surface area contributed by atoms with Crippen molar-refractivity contribution in [3.8, 4) is 0 Å². The number of fused-ring (bicyclic) bond motifs is 5. The predicted molar refractivity (Wildman–Crippen MR) is 96.6 cm³/mol. The van der Waals surface area contributed by atoms with Crippen LogP contribution in [0.15, 0.2) is 18.2 Å². The average Bonchev–Trinajstić information content (AvgIpc) is 3.19. The molecule has 164 valence electrons. The number of esters is 1. The molecule has 0 aliphatic carbocycles. The summed E-state index contributed by atoms with van der Waals surface area (Å²) in [5.41, 5.74) is -5.49. The third-order valence-corrected chi connectivity index (χ3v) is 6.62. The van der Waals surface area contributed by atoms with Crippen molar-refractivity contribution in [1.29, 1.82) is 0 Å². The van der Waals surface area contributed by atoms with E-state index < -0.39 is 70.3 Å². The van der Waals surface area contributed by atoms with Crippen molar-refractivity contribution in [3.63, 3.8) is 0 Å². The van der Waals surface area contributed by atoms with E-state index in [1.165, 1.54) is 13.8 Å². The van der Waals surface area contributed by atoms with Gasteiger partial charge in [0.25, 0.3) is 0 Å². The van der Waals surface area contributed by atoms with E-state index in [1.54, 1.807) is 0 Å². The number of ether oxygens (including phenoxy) is 2. The smallest absolute Gasteiger partial charge is 0.407 e. The molecule has 0 radical (unpaired) electrons. The topological polar surface area (TPSA) is 97.5 Å². The fourth-order valence-corrected chi connectivity index (χ4v) is 5.30. The van der Waals surface area contributed by atoms with Crippen LogP contribution >= 0.6 is 0 Å². The second-order valence-corrected chi connectivity index (χ2v) is 8.19. The van der Waals surface area contributed by atoms with Gasteiger partial charge < -0.3 is 14.6 Å². The first kappa shape index (κ1) is 21.3. The first-order valence-electron chi connectivity index (χ1n) is 9.25. The molecule has 1 aromatic carbocycles. The molecule has 3 aliphatic heterocycles. The number of hydrogen-bond donors (Lipinski definition) is 1. The number of imide groups is 1. The van der Waals surface area contributed by atoms with Crippen LogP contribution < -0.4 is 4.90 Å². The Labute approximate surface area is 174 Å². The quantitative estimate of drug-likeness (QED) is 0.432. The van der Waals surface area contributed by atoms with E-state index in [1.807, 2.05) is 0 Å². The van der Waals surface area contributed by atoms with Crippen LogP contribution in [0.5, 0.6) is 0 Å². The highest BCUT2D eigenvalue weighted by Crippen LogP contribution is 2.63. The number of anilines is 1. The lowest BCUT2D eigenvalue weighted by atomic mass is 9.62. The van der Waals surface area contributed by atoms with Gasteiger partial charge in [0.15, 0.2) is 5.69 Å². The number of aliphatic hydroxyl groups is 1. The zero-order valence-electron chi connectivity index (χ0n) is 16.6. The number of carbonyl (C=O) groups is 3. The van der Waals surface area contributed by atoms with Gasteiger partial charge >= 0.3 is 12.1 Å². The Morgan fingerprint density at radius 1 is 1.23 bits per heavy atom. The van der Waals surface area contributed by atoms with Gasteiger partial charge in [-0.1, -0.05) is 6.07 Å². The van der Waals surface area contributed by atoms with Gasteiger partial charge in [0.1, 0.15) is 11.5 Å². The number of benzene rings is 1. The Hall–Kier alpha value is -2.97. The molecule has 3 aliphatic rings. The molecule has 4 rings (SSSR count). The van der Waals surface area contributed by atoms with Gasteiger partial charge in [-0.05, 0) is 26.0 Å². The van der Waals surface area contributed by atoms with Gasteiger partial charge in [-0.3, -0.25) is 14.4 Å². The van der Waals surface area contributed by atoms with E-state index in [9.17, 15) is 32.7 Å². The summed E-state index contributed by atoms with van der Waals surface area (Å²) >= 11 is 0. The Bertz CT molecular complexity index is 1070. The summed E-state index contributed by atoms with van der Waals surface area (Å²) < 4.78 is 50.7. The van der Waals surface area contributed by atoms with E-state index in [2.05, 4.69) is 4.85 Å². The van der Waals surface area contributed by atoms with Crippen molar-refractivity contribution in [1.82, 2.24) is 0 Å². The number of aliphatic hydroxyl groups excluding tert-OH is 1. The lowest BCUT2D eigenvalue weighted by Crippen LogP contribution is -2.57. The zero-order valence-corrected chi connectivity index (χ0v) is 16.6. The molecule has 1 N–H and O–H groups in total. The predicted octanol–water partition coefficient (Wildman–Crippen LogP) is 2.07. The molecule has 3 saturated heterocycles. The van der Waals surface area contributed by atoms with Crippen LogP contribution in [0.4, 0.5) is 24.5 Å². The van der Waals surface area contributed by atoms with Gasteiger partial charge in [-0.2, -0.15) is 13.2 Å². The van der Waals surface area contributed by atoms with E-state index in [-0.39, 0.29) is 5.69 Å². The molecular formula is C20H17F3N2O6. The lowest BCUT2D eigenvalue weighted by molar-refractivity contribution is -0.157. The van der Waals surface area contributed by atoms with E-state index in [0.29, 0.717) is 11.0 Å². The molecule has 0 saturated carbocycles. The monoisotopic (exact) mass is 438 g/mol. The Kier molecular flexibility index (Phi) is 4.30. The molecule has 8 nitrogen and oxygen atoms in total. The van der Waals surface area contributed by atoms with Gasteiger partial charge in [-0.15, -0.1) is 0 Å². The Morgan fingerprint density at radius 3 is 2.32 bits per heavy atom. The van der Waals surface area contributed by atoms with E-state index in [0.717, 1.165) is 19.2 Å². The SMILES string of the molecule is [C-]#[N+]c1ccc(N2C(=O)[C@@H]3[C@H](C2=O)C2(C)OC3(C)[C@@H](O)[C@@H]2C(=O)OC)cc1C(F)(F)F. The van der Waals surface area contributed by atoms with Crippen LogP contribution in [0.2, 0.25) is 0 Å². The van der Waals surface area contributed by atoms with Crippen molar-refractivity contribution in [3.05, 3.63) is 35.2 Å². The molecule has 2 amide bonds. The lowest BCUT2D eigenvalue weighted by Gasteiger charge is -2.37. The number of carbonyl (C=O) groups excluding carboxylic acids is 3. The molecular weight excluding hydrogens is 421 g/mol. The fourth-order valence-electron chi connectivity index (χ4n) is 5.30. The maximum atomic E-state index is 13.4. The summed E-state index contributed by atoms with van der Waals surface area (Å²) in [6.45, 7) is 9.73. The van der Waals surface area contributed by atoms with E-state index >= 15 is 0 Å². The standard InChI is InChI=1S/C20H17F3N2O6/c1-18-11-12(19(2,31-18)14(26)13(18)17(29)30-4)16(28)25(15(11)27)8-5-6-10(24-3)9(7-8)20(21,22)23/h5-7,11-14,26H,1-2,4H3/t11-,12+,13-,14+,18?,19?/m1/s1. The number of rotatable bonds is 2. The summed E-state index contributed by atoms with van der Waals surface area (Å²) in [6.07, 6.45) is -6.33. The summed E-state index contributed by atoms with van der Waals surface area (Å²) in [5.74, 6) is -6.16. The fraction of sp³-hybridized carbons (Fsp3) is 0.500. The number of alkyl halides is 3. The van der Waals surface area contributed by atoms with Crippen LogP contribution in [0.3, 0.4) is 0 Å². The molecule has 2 bridgehead atoms. The van der Waals surface area contributed by atoms with Crippen molar-refractivity contribution < 1.29 is 42.1 Å². The molecule has 1 aromatic rings. The maximum Gasteiger partial charge on any atom is 0.407 e. The molecule has 11 heteroatoms. The van der Waals surface area contributed by atoms with Crippen molar-refractivity contribution in [2.24, 2.45) is 17.8 Å². The van der Waals surface area contributed by atoms with Crippen LogP contribution in [0, 0.1) is 24.3 Å². The Morgan fingerprint density at radius 2 is 1.81 bits per heavy atom. The van der Waals surface area contributed by atoms with Crippen LogP contribution in [-0.2, 0) is 30.0 Å². The van der Waals surface area contributed by atoms with Crippen LogP contribution in [-0.4, -0.2) is 47.3 Å². The van der Waals surface area contributed by atoms with Gasteiger partial charge in [0.2, 0.25) is 11.8 Å². The van der Waals surface area contributed by atoms with Crippen molar-refractivity contribution in [2.75, 3.05) is 12.0 Å². The van der Waals surface area contributed by atoms with Gasteiger partial charge in [0, 0.05) is 5.69 Å². The molecule has 0 spiro atoms. The number of amides is 2. The summed E-state index contributed by atoms with van der Waals surface area (Å²) in [5, 5.41) is 10.7. The summed E-state index contributed by atoms with van der Waals surface area (Å²) in [6, 6.07) is 2.55. The number of hydrogen-bond acceptors (Lipinski definition) is 6. The molecule has 0 aromatic heterocycles. The highest BCUT2D eigenvalue weighted by Gasteiger charge is 2.80. The average molecular weight is 438 g/mol. The van der Waals surface area contributed by atoms with Crippen molar-refractivity contribution in [2.45, 2.75) is 37.3 Å². The first-order chi connectivity index (χ1) is 14.3. The molecule has 6 atom stereocenters. The van der Waals surface area contributed by atoms with Crippen LogP contribution in [0.25, 0.3) is 4.85 Å². The molecule has 31 heavy (non-hydrogen) atoms. The van der Waals surface area contributed by atoms with Crippen LogP contribution in [0.1, 0.15) is 19.4 Å². The number of nitrogens with zero attached hydrogens (tertiary/aromatic N) is 2. The maximum absolute atomic E-state index is 13.4. The molecule has 3 fully saturated rings. The minimum absolute atomic E-state index is 0.347. The second kappa shape index (κ2) is 6.27. The highest BCUT2D eigenvalue weighted by atomic mass is 19.4. The minimum atomic E-state index is -4.87. The first-order valence-corrected chi connectivity index (χ1v) is 9.25.